The van der Waals surface area contributed by atoms with Crippen molar-refractivity contribution < 1.29 is 4.74 Å². The molecule has 2 aliphatic rings. The topological polar surface area (TPSA) is 48.9 Å². The molecule has 5 nitrogen and oxygen atoms in total. The van der Waals surface area contributed by atoms with Gasteiger partial charge in [0.05, 0.1) is 6.61 Å². The minimum absolute atomic E-state index is 0.753. The van der Waals surface area contributed by atoms with Crippen molar-refractivity contribution in [2.75, 3.05) is 53.5 Å². The second-order valence-electron chi connectivity index (χ2n) is 7.02. The molecule has 0 radical (unpaired) electrons. The molecule has 2 N–H and O–H groups in total. The molecule has 2 rings (SSSR count). The van der Waals surface area contributed by atoms with Gasteiger partial charge in [0.25, 0.3) is 0 Å². The second-order valence-corrected chi connectivity index (χ2v) is 7.02. The van der Waals surface area contributed by atoms with Gasteiger partial charge in [-0.3, -0.25) is 4.99 Å². The van der Waals surface area contributed by atoms with Crippen LogP contribution in [0.25, 0.3) is 0 Å². The lowest BCUT2D eigenvalue weighted by Crippen LogP contribution is -2.43. The van der Waals surface area contributed by atoms with E-state index >= 15 is 0 Å². The number of hydrogen-bond donors (Lipinski definition) is 2. The van der Waals surface area contributed by atoms with Crippen LogP contribution in [0.5, 0.6) is 0 Å². The molecule has 5 heteroatoms. The van der Waals surface area contributed by atoms with Crippen molar-refractivity contribution in [2.45, 2.75) is 44.9 Å². The first-order valence-corrected chi connectivity index (χ1v) is 9.65. The lowest BCUT2D eigenvalue weighted by Gasteiger charge is -2.32. The van der Waals surface area contributed by atoms with E-state index in [4.69, 9.17) is 4.74 Å². The van der Waals surface area contributed by atoms with E-state index in [2.05, 4.69) is 26.6 Å². The zero-order chi connectivity index (χ0) is 17.0. The molecule has 1 heterocycles. The predicted molar refractivity (Wildman–Crippen MR) is 102 cm³/mol. The first kappa shape index (κ1) is 19.3. The van der Waals surface area contributed by atoms with Gasteiger partial charge in [-0.25, -0.2) is 0 Å². The van der Waals surface area contributed by atoms with Gasteiger partial charge < -0.3 is 20.3 Å². The molecule has 1 saturated heterocycles. The van der Waals surface area contributed by atoms with E-state index in [0.717, 1.165) is 44.5 Å². The molecule has 0 aromatic rings. The number of rotatable bonds is 8. The van der Waals surface area contributed by atoms with Gasteiger partial charge in [0.15, 0.2) is 5.96 Å². The number of hydrogen-bond acceptors (Lipinski definition) is 3. The van der Waals surface area contributed by atoms with Crippen molar-refractivity contribution in [3.8, 4) is 0 Å². The SMILES string of the molecule is CN=C(NCCC1=CCCCC1)NCC1CCN(CCOC)CC1. The Bertz CT molecular complexity index is 400. The Morgan fingerprint density at radius 3 is 2.79 bits per heavy atom. The summed E-state index contributed by atoms with van der Waals surface area (Å²) in [6.07, 6.45) is 11.4. The second kappa shape index (κ2) is 11.5. The smallest absolute Gasteiger partial charge is 0.190 e. The highest BCUT2D eigenvalue weighted by Crippen LogP contribution is 2.19. The zero-order valence-electron chi connectivity index (χ0n) is 15.6. The van der Waals surface area contributed by atoms with Crippen LogP contribution in [0.2, 0.25) is 0 Å². The first-order valence-electron chi connectivity index (χ1n) is 9.65. The van der Waals surface area contributed by atoms with Gasteiger partial charge in [0.2, 0.25) is 0 Å². The van der Waals surface area contributed by atoms with E-state index in [1.54, 1.807) is 12.7 Å². The van der Waals surface area contributed by atoms with Crippen LogP contribution in [-0.4, -0.2) is 64.3 Å². The van der Waals surface area contributed by atoms with Gasteiger partial charge in [0.1, 0.15) is 0 Å². The minimum atomic E-state index is 0.753. The Morgan fingerprint density at radius 1 is 1.29 bits per heavy atom. The molecule has 0 spiro atoms. The van der Waals surface area contributed by atoms with Crippen molar-refractivity contribution >= 4 is 5.96 Å². The van der Waals surface area contributed by atoms with Crippen molar-refractivity contribution in [1.29, 1.82) is 0 Å². The van der Waals surface area contributed by atoms with Gasteiger partial charge in [-0.05, 0) is 64.0 Å². The van der Waals surface area contributed by atoms with Gasteiger partial charge in [0, 0.05) is 33.8 Å². The Hall–Kier alpha value is -1.07. The predicted octanol–water partition coefficient (Wildman–Crippen LogP) is 2.40. The average molecular weight is 337 g/mol. The summed E-state index contributed by atoms with van der Waals surface area (Å²) in [5.41, 5.74) is 1.62. The zero-order valence-corrected chi connectivity index (χ0v) is 15.6. The lowest BCUT2D eigenvalue weighted by atomic mass is 9.97. The standard InChI is InChI=1S/C19H36N4O/c1-20-19(21-11-8-17-6-4-3-5-7-17)22-16-18-9-12-23(13-10-18)14-15-24-2/h6,18H,3-5,7-16H2,1-2H3,(H2,20,21,22). The molecular formula is C19H36N4O. The van der Waals surface area contributed by atoms with Gasteiger partial charge in [-0.1, -0.05) is 11.6 Å². The molecule has 0 atom stereocenters. The Kier molecular flexibility index (Phi) is 9.21. The van der Waals surface area contributed by atoms with E-state index in [9.17, 15) is 0 Å². The van der Waals surface area contributed by atoms with E-state index in [-0.39, 0.29) is 0 Å². The first-order chi connectivity index (χ1) is 11.8. The fraction of sp³-hybridized carbons (Fsp3) is 0.842. The van der Waals surface area contributed by atoms with Crippen LogP contribution >= 0.6 is 0 Å². The quantitative estimate of drug-likeness (QED) is 0.406. The molecule has 1 aliphatic carbocycles. The molecule has 0 saturated carbocycles. The fourth-order valence-corrected chi connectivity index (χ4v) is 3.57. The number of aliphatic imine (C=N–C) groups is 1. The Labute approximate surface area is 147 Å². The highest BCUT2D eigenvalue weighted by atomic mass is 16.5. The van der Waals surface area contributed by atoms with Gasteiger partial charge >= 0.3 is 0 Å². The van der Waals surface area contributed by atoms with Crippen LogP contribution in [0.1, 0.15) is 44.9 Å². The normalized spacial score (nSPS) is 20.8. The summed E-state index contributed by atoms with van der Waals surface area (Å²) in [5, 5.41) is 6.98. The number of ether oxygens (including phenoxy) is 1. The molecule has 0 bridgehead atoms. The van der Waals surface area contributed by atoms with Crippen LogP contribution in [0.3, 0.4) is 0 Å². The molecule has 0 aromatic carbocycles. The monoisotopic (exact) mass is 336 g/mol. The molecule has 24 heavy (non-hydrogen) atoms. The molecule has 138 valence electrons. The molecule has 1 aliphatic heterocycles. The maximum absolute atomic E-state index is 5.16. The van der Waals surface area contributed by atoms with Crippen LogP contribution in [-0.2, 0) is 4.74 Å². The third-order valence-electron chi connectivity index (χ3n) is 5.22. The molecule has 0 unspecified atom stereocenters. The summed E-state index contributed by atoms with van der Waals surface area (Å²) < 4.78 is 5.16. The summed E-state index contributed by atoms with van der Waals surface area (Å²) in [7, 11) is 3.64. The third kappa shape index (κ3) is 7.22. The van der Waals surface area contributed by atoms with Gasteiger partial charge in [-0.2, -0.15) is 0 Å². The molecule has 1 fully saturated rings. The van der Waals surface area contributed by atoms with Crippen LogP contribution in [0, 0.1) is 5.92 Å². The van der Waals surface area contributed by atoms with E-state index < -0.39 is 0 Å². The highest BCUT2D eigenvalue weighted by Gasteiger charge is 2.18. The number of guanidine groups is 1. The van der Waals surface area contributed by atoms with E-state index in [1.807, 2.05) is 7.05 Å². The number of nitrogens with one attached hydrogen (secondary N) is 2. The lowest BCUT2D eigenvalue weighted by molar-refractivity contribution is 0.121. The van der Waals surface area contributed by atoms with Crippen LogP contribution in [0.15, 0.2) is 16.6 Å². The summed E-state index contributed by atoms with van der Waals surface area (Å²) in [6.45, 7) is 6.30. The molecule has 0 amide bonds. The van der Waals surface area contributed by atoms with Crippen molar-refractivity contribution in [3.63, 3.8) is 0 Å². The molecule has 0 aromatic heterocycles. The number of piperidine rings is 1. The van der Waals surface area contributed by atoms with Crippen LogP contribution in [0.4, 0.5) is 0 Å². The number of methoxy groups -OCH3 is 1. The Morgan fingerprint density at radius 2 is 2.12 bits per heavy atom. The summed E-state index contributed by atoms with van der Waals surface area (Å²) in [6, 6.07) is 0. The van der Waals surface area contributed by atoms with Crippen LogP contribution < -0.4 is 10.6 Å². The maximum Gasteiger partial charge on any atom is 0.190 e. The fourth-order valence-electron chi connectivity index (χ4n) is 3.57. The number of allylic oxidation sites excluding steroid dienone is 1. The summed E-state index contributed by atoms with van der Waals surface area (Å²) in [4.78, 5) is 6.86. The maximum atomic E-state index is 5.16. The van der Waals surface area contributed by atoms with E-state index in [0.29, 0.717) is 0 Å². The largest absolute Gasteiger partial charge is 0.383 e. The summed E-state index contributed by atoms with van der Waals surface area (Å²) in [5.74, 6) is 1.71. The number of nitrogens with zero attached hydrogens (tertiary/aromatic N) is 2. The average Bonchev–Trinajstić information content (AvgIpc) is 2.64. The Balaban J connectivity index is 1.57. The minimum Gasteiger partial charge on any atom is -0.383 e. The number of likely N-dealkylation sites (tertiary alicyclic amines) is 1. The van der Waals surface area contributed by atoms with Crippen molar-refractivity contribution in [3.05, 3.63) is 11.6 Å². The van der Waals surface area contributed by atoms with Crippen molar-refractivity contribution in [1.82, 2.24) is 15.5 Å². The highest BCUT2D eigenvalue weighted by molar-refractivity contribution is 5.79. The summed E-state index contributed by atoms with van der Waals surface area (Å²) >= 11 is 0. The van der Waals surface area contributed by atoms with Crippen molar-refractivity contribution in [2.24, 2.45) is 10.9 Å². The third-order valence-corrected chi connectivity index (χ3v) is 5.22. The van der Waals surface area contributed by atoms with Gasteiger partial charge in [-0.15, -0.1) is 0 Å². The van der Waals surface area contributed by atoms with E-state index in [1.165, 1.54) is 51.6 Å². The molecular weight excluding hydrogens is 300 g/mol.